The van der Waals surface area contributed by atoms with Gasteiger partial charge in [0.2, 0.25) is 5.91 Å². The van der Waals surface area contributed by atoms with Crippen LogP contribution in [0.3, 0.4) is 0 Å². The van der Waals surface area contributed by atoms with Crippen LogP contribution < -0.4 is 19.5 Å². The molecule has 0 unspecified atom stereocenters. The fourth-order valence-electron chi connectivity index (χ4n) is 4.54. The van der Waals surface area contributed by atoms with Gasteiger partial charge in [-0.2, -0.15) is 0 Å². The average Bonchev–Trinajstić information content (AvgIpc) is 3.34. The molecule has 0 radical (unpaired) electrons. The number of pyridine rings is 1. The maximum Gasteiger partial charge on any atom is 0.224 e. The Balaban J connectivity index is 1.48. The van der Waals surface area contributed by atoms with E-state index in [1.165, 1.54) is 0 Å². The average molecular weight is 542 g/mol. The molecule has 198 valence electrons. The third kappa shape index (κ3) is 5.54. The molecule has 0 aliphatic heterocycles. The maximum atomic E-state index is 13.0. The summed E-state index contributed by atoms with van der Waals surface area (Å²) in [5.74, 6) is 1.78. The highest BCUT2D eigenvalue weighted by Gasteiger charge is 2.17. The Morgan fingerprint density at radius 2 is 1.62 bits per heavy atom. The zero-order valence-corrected chi connectivity index (χ0v) is 22.7. The van der Waals surface area contributed by atoms with Crippen molar-refractivity contribution in [2.45, 2.75) is 12.8 Å². The lowest BCUT2D eigenvalue weighted by atomic mass is 10.1. The number of halogens is 1. The minimum absolute atomic E-state index is 0.125. The van der Waals surface area contributed by atoms with E-state index in [1.54, 1.807) is 39.5 Å². The number of aryl methyl sites for hydroxylation is 1. The molecule has 39 heavy (non-hydrogen) atoms. The number of ether oxygens (including phenoxy) is 3. The highest BCUT2D eigenvalue weighted by atomic mass is 35.5. The number of amides is 1. The maximum absolute atomic E-state index is 13.0. The zero-order chi connectivity index (χ0) is 27.4. The van der Waals surface area contributed by atoms with Gasteiger partial charge in [0.25, 0.3) is 0 Å². The number of nitrogens with one attached hydrogen (secondary N) is 1. The number of fused-ring (bicyclic) bond motifs is 1. The smallest absolute Gasteiger partial charge is 0.224 e. The van der Waals surface area contributed by atoms with Crippen molar-refractivity contribution in [1.29, 1.82) is 0 Å². The van der Waals surface area contributed by atoms with Crippen LogP contribution in [0.15, 0.2) is 85.1 Å². The van der Waals surface area contributed by atoms with Crippen molar-refractivity contribution in [2.24, 2.45) is 0 Å². The lowest BCUT2D eigenvalue weighted by Gasteiger charge is -2.11. The standard InChI is InChI=1S/C31H28ClN3O4/c1-37-23-12-8-20(9-13-23)31-26(14-17-30(36)33-22-11-15-27(38-2)28(18-22)39-3)35-19-21(10-16-29(35)34-31)24-6-4-5-7-25(24)32/h4-13,15-16,18-19H,14,17H2,1-3H3,(H,33,36). The SMILES string of the molecule is COc1ccc(-c2nc3ccc(-c4ccccc4Cl)cn3c2CCC(=O)Nc2ccc(OC)c(OC)c2)cc1. The van der Waals surface area contributed by atoms with Gasteiger partial charge in [-0.25, -0.2) is 4.98 Å². The van der Waals surface area contributed by atoms with E-state index in [9.17, 15) is 4.79 Å². The number of methoxy groups -OCH3 is 3. The van der Waals surface area contributed by atoms with Crippen LogP contribution in [0.5, 0.6) is 17.2 Å². The Morgan fingerprint density at radius 3 is 2.33 bits per heavy atom. The van der Waals surface area contributed by atoms with Crippen molar-refractivity contribution in [2.75, 3.05) is 26.6 Å². The third-order valence-corrected chi connectivity index (χ3v) is 6.85. The summed E-state index contributed by atoms with van der Waals surface area (Å²) in [7, 11) is 4.77. The van der Waals surface area contributed by atoms with Crippen LogP contribution in [-0.4, -0.2) is 36.6 Å². The van der Waals surface area contributed by atoms with E-state index >= 15 is 0 Å². The minimum atomic E-state index is -0.125. The second kappa shape index (κ2) is 11.5. The minimum Gasteiger partial charge on any atom is -0.497 e. The molecular weight excluding hydrogens is 514 g/mol. The monoisotopic (exact) mass is 541 g/mol. The van der Waals surface area contributed by atoms with Gasteiger partial charge in [-0.15, -0.1) is 0 Å². The summed E-state index contributed by atoms with van der Waals surface area (Å²) in [6.45, 7) is 0. The van der Waals surface area contributed by atoms with Gasteiger partial charge in [0.05, 0.1) is 32.7 Å². The molecule has 1 amide bonds. The number of hydrogen-bond acceptors (Lipinski definition) is 5. The highest BCUT2D eigenvalue weighted by molar-refractivity contribution is 6.33. The summed E-state index contributed by atoms with van der Waals surface area (Å²) in [6, 6.07) is 24.8. The van der Waals surface area contributed by atoms with Crippen molar-refractivity contribution in [1.82, 2.24) is 9.38 Å². The molecule has 5 rings (SSSR count). The molecule has 3 aromatic carbocycles. The van der Waals surface area contributed by atoms with Crippen LogP contribution >= 0.6 is 11.6 Å². The van der Waals surface area contributed by atoms with E-state index in [1.807, 2.05) is 71.3 Å². The van der Waals surface area contributed by atoms with Crippen molar-refractivity contribution < 1.29 is 19.0 Å². The molecule has 0 aliphatic rings. The number of nitrogens with zero attached hydrogens (tertiary/aromatic N) is 2. The van der Waals surface area contributed by atoms with Crippen LogP contribution in [-0.2, 0) is 11.2 Å². The number of carbonyl (C=O) groups is 1. The van der Waals surface area contributed by atoms with Crippen LogP contribution in [0.4, 0.5) is 5.69 Å². The second-order valence-corrected chi connectivity index (χ2v) is 9.29. The van der Waals surface area contributed by atoms with Crippen molar-refractivity contribution in [3.8, 4) is 39.6 Å². The van der Waals surface area contributed by atoms with E-state index in [0.29, 0.717) is 28.6 Å². The first kappa shape index (κ1) is 26.1. The summed E-state index contributed by atoms with van der Waals surface area (Å²) in [5, 5.41) is 3.63. The first-order valence-electron chi connectivity index (χ1n) is 12.4. The summed E-state index contributed by atoms with van der Waals surface area (Å²) < 4.78 is 18.0. The van der Waals surface area contributed by atoms with E-state index in [4.69, 9.17) is 30.8 Å². The first-order valence-corrected chi connectivity index (χ1v) is 12.8. The number of anilines is 1. The van der Waals surface area contributed by atoms with Gasteiger partial charge >= 0.3 is 0 Å². The number of imidazole rings is 1. The molecule has 2 heterocycles. The number of hydrogen-bond donors (Lipinski definition) is 1. The van der Waals surface area contributed by atoms with Crippen molar-refractivity contribution >= 4 is 28.8 Å². The molecule has 0 saturated heterocycles. The van der Waals surface area contributed by atoms with Gasteiger partial charge in [-0.05, 0) is 66.6 Å². The molecule has 0 aliphatic carbocycles. The fourth-order valence-corrected chi connectivity index (χ4v) is 4.78. The van der Waals surface area contributed by atoms with Crippen LogP contribution in [0.1, 0.15) is 12.1 Å². The first-order chi connectivity index (χ1) is 19.0. The molecule has 0 atom stereocenters. The second-order valence-electron chi connectivity index (χ2n) is 8.88. The van der Waals surface area contributed by atoms with Crippen LogP contribution in [0.2, 0.25) is 5.02 Å². The van der Waals surface area contributed by atoms with E-state index in [2.05, 4.69) is 5.32 Å². The predicted molar refractivity (Wildman–Crippen MR) is 154 cm³/mol. The van der Waals surface area contributed by atoms with Gasteiger partial charge in [0, 0.05) is 40.5 Å². The Kier molecular flexibility index (Phi) is 7.70. The van der Waals surface area contributed by atoms with Crippen molar-refractivity contribution in [3.05, 3.63) is 95.8 Å². The normalized spacial score (nSPS) is 10.9. The van der Waals surface area contributed by atoms with Gasteiger partial charge < -0.3 is 23.9 Å². The van der Waals surface area contributed by atoms with E-state index in [0.717, 1.165) is 39.5 Å². The van der Waals surface area contributed by atoms with Gasteiger partial charge in [0.15, 0.2) is 11.5 Å². The number of aromatic nitrogens is 2. The largest absolute Gasteiger partial charge is 0.497 e. The summed E-state index contributed by atoms with van der Waals surface area (Å²) in [5.41, 5.74) is 5.98. The molecule has 0 fully saturated rings. The Hall–Kier alpha value is -4.49. The molecule has 8 heteroatoms. The Labute approximate surface area is 231 Å². The number of benzene rings is 3. The van der Waals surface area contributed by atoms with Crippen LogP contribution in [0.25, 0.3) is 28.0 Å². The van der Waals surface area contributed by atoms with Gasteiger partial charge in [-0.1, -0.05) is 29.8 Å². The third-order valence-electron chi connectivity index (χ3n) is 6.52. The summed E-state index contributed by atoms with van der Waals surface area (Å²) in [4.78, 5) is 17.9. The zero-order valence-electron chi connectivity index (χ0n) is 21.9. The fraction of sp³-hybridized carbons (Fsp3) is 0.161. The van der Waals surface area contributed by atoms with Crippen LogP contribution in [0, 0.1) is 0 Å². The molecule has 0 bridgehead atoms. The quantitative estimate of drug-likeness (QED) is 0.219. The summed E-state index contributed by atoms with van der Waals surface area (Å²) >= 11 is 6.49. The lowest BCUT2D eigenvalue weighted by molar-refractivity contribution is -0.116. The number of rotatable bonds is 9. The molecule has 1 N–H and O–H groups in total. The van der Waals surface area contributed by atoms with Crippen molar-refractivity contribution in [3.63, 3.8) is 0 Å². The summed E-state index contributed by atoms with van der Waals surface area (Å²) in [6.07, 6.45) is 2.74. The van der Waals surface area contributed by atoms with E-state index < -0.39 is 0 Å². The van der Waals surface area contributed by atoms with Gasteiger partial charge in [0.1, 0.15) is 11.4 Å². The molecular formula is C31H28ClN3O4. The molecule has 0 saturated carbocycles. The Bertz CT molecular complexity index is 1630. The van der Waals surface area contributed by atoms with E-state index in [-0.39, 0.29) is 12.3 Å². The topological polar surface area (TPSA) is 74.1 Å². The molecule has 2 aromatic heterocycles. The molecule has 5 aromatic rings. The highest BCUT2D eigenvalue weighted by Crippen LogP contribution is 2.32. The molecule has 7 nitrogen and oxygen atoms in total. The lowest BCUT2D eigenvalue weighted by Crippen LogP contribution is -2.13. The molecule has 0 spiro atoms. The predicted octanol–water partition coefficient (Wildman–Crippen LogP) is 6.92. The van der Waals surface area contributed by atoms with Gasteiger partial charge in [-0.3, -0.25) is 4.79 Å². The number of carbonyl (C=O) groups excluding carboxylic acids is 1. The Morgan fingerprint density at radius 1 is 0.872 bits per heavy atom.